The van der Waals surface area contributed by atoms with Crippen molar-refractivity contribution in [3.63, 3.8) is 0 Å². The molecule has 5 rings (SSSR count). The lowest BCUT2D eigenvalue weighted by molar-refractivity contribution is 0.0781. The van der Waals surface area contributed by atoms with Gasteiger partial charge in [0.15, 0.2) is 15.7 Å². The molecular weight excluding hydrogens is 466 g/mol. The van der Waals surface area contributed by atoms with Crippen molar-refractivity contribution in [2.45, 2.75) is 25.3 Å². The number of hydrogen-bond acceptors (Lipinski definition) is 7. The van der Waals surface area contributed by atoms with Crippen molar-refractivity contribution < 1.29 is 17.9 Å². The summed E-state index contributed by atoms with van der Waals surface area (Å²) >= 11 is 0. The number of carbonyl (C=O) groups is 1. The molecule has 9 nitrogen and oxygen atoms in total. The molecular formula is C25H29N5O4S. The van der Waals surface area contributed by atoms with Crippen molar-refractivity contribution in [2.24, 2.45) is 0 Å². The third kappa shape index (κ3) is 5.95. The number of benzene rings is 2. The zero-order valence-electron chi connectivity index (χ0n) is 19.4. The number of rotatable bonds is 6. The highest BCUT2D eigenvalue weighted by Gasteiger charge is 2.22. The van der Waals surface area contributed by atoms with Crippen LogP contribution in [0.1, 0.15) is 40.5 Å². The lowest BCUT2D eigenvalue weighted by atomic mass is 10.0. The molecule has 0 spiro atoms. The summed E-state index contributed by atoms with van der Waals surface area (Å²) in [5.41, 5.74) is 3.09. The lowest BCUT2D eigenvalue weighted by Gasteiger charge is -2.26. The first-order chi connectivity index (χ1) is 16.9. The number of nitrogens with zero attached hydrogens (tertiary/aromatic N) is 3. The molecule has 0 saturated carbocycles. The zero-order valence-corrected chi connectivity index (χ0v) is 20.3. The molecule has 1 atom stereocenters. The second kappa shape index (κ2) is 10.3. The van der Waals surface area contributed by atoms with Crippen LogP contribution in [-0.2, 0) is 21.1 Å². The van der Waals surface area contributed by atoms with Crippen molar-refractivity contribution in [1.82, 2.24) is 20.1 Å². The van der Waals surface area contributed by atoms with Gasteiger partial charge in [0.1, 0.15) is 5.82 Å². The average molecular weight is 496 g/mol. The van der Waals surface area contributed by atoms with Gasteiger partial charge in [-0.3, -0.25) is 14.8 Å². The normalized spacial score (nSPS) is 20.4. The molecule has 1 aromatic heterocycles. The fourth-order valence-electron chi connectivity index (χ4n) is 4.43. The van der Waals surface area contributed by atoms with Crippen molar-refractivity contribution in [3.8, 4) is 11.4 Å². The van der Waals surface area contributed by atoms with Crippen LogP contribution in [0.3, 0.4) is 0 Å². The maximum atomic E-state index is 12.8. The molecule has 2 aliphatic heterocycles. The summed E-state index contributed by atoms with van der Waals surface area (Å²) < 4.78 is 28.8. The number of ether oxygens (including phenoxy) is 1. The van der Waals surface area contributed by atoms with E-state index in [1.165, 1.54) is 0 Å². The molecule has 2 aliphatic rings. The molecule has 3 aromatic rings. The monoisotopic (exact) mass is 495 g/mol. The fraction of sp³-hybridized carbons (Fsp3) is 0.400. The lowest BCUT2D eigenvalue weighted by Crippen LogP contribution is -2.39. The number of aromatic amines is 1. The van der Waals surface area contributed by atoms with Crippen LogP contribution in [0, 0.1) is 0 Å². The Hall–Kier alpha value is -3.08. The quantitative estimate of drug-likeness (QED) is 0.540. The second-order valence-corrected chi connectivity index (χ2v) is 11.4. The van der Waals surface area contributed by atoms with Gasteiger partial charge in [0.05, 0.1) is 18.1 Å². The highest BCUT2D eigenvalue weighted by atomic mass is 32.2. The minimum absolute atomic E-state index is 0.188. The number of sulfone groups is 1. The molecule has 2 saturated heterocycles. The van der Waals surface area contributed by atoms with E-state index in [0.29, 0.717) is 43.3 Å². The van der Waals surface area contributed by atoms with E-state index in [0.717, 1.165) is 36.4 Å². The first-order valence-electron chi connectivity index (χ1n) is 11.9. The number of hydrogen-bond donors (Lipinski definition) is 2. The van der Waals surface area contributed by atoms with Gasteiger partial charge in [-0.05, 0) is 54.8 Å². The van der Waals surface area contributed by atoms with Crippen LogP contribution >= 0.6 is 0 Å². The third-order valence-corrected chi connectivity index (χ3v) is 8.09. The summed E-state index contributed by atoms with van der Waals surface area (Å²) in [4.78, 5) is 19.6. The molecule has 2 N–H and O–H groups in total. The van der Waals surface area contributed by atoms with Gasteiger partial charge in [-0.1, -0.05) is 12.1 Å². The van der Waals surface area contributed by atoms with Crippen molar-refractivity contribution in [1.29, 1.82) is 0 Å². The van der Waals surface area contributed by atoms with E-state index in [-0.39, 0.29) is 23.3 Å². The Morgan fingerprint density at radius 2 is 1.94 bits per heavy atom. The van der Waals surface area contributed by atoms with Gasteiger partial charge in [-0.15, -0.1) is 0 Å². The number of aromatic nitrogens is 3. The van der Waals surface area contributed by atoms with Crippen LogP contribution in [0.5, 0.6) is 0 Å². The molecule has 0 aliphatic carbocycles. The summed E-state index contributed by atoms with van der Waals surface area (Å²) in [5.74, 6) is 1.91. The molecule has 1 amide bonds. The van der Waals surface area contributed by atoms with Crippen LogP contribution in [0.25, 0.3) is 11.4 Å². The van der Waals surface area contributed by atoms with Gasteiger partial charge in [0, 0.05) is 49.0 Å². The van der Waals surface area contributed by atoms with E-state index < -0.39 is 9.84 Å². The van der Waals surface area contributed by atoms with Gasteiger partial charge >= 0.3 is 0 Å². The van der Waals surface area contributed by atoms with Crippen LogP contribution in [0.15, 0.2) is 48.5 Å². The van der Waals surface area contributed by atoms with Crippen LogP contribution in [0.2, 0.25) is 0 Å². The molecule has 0 radical (unpaired) electrons. The smallest absolute Gasteiger partial charge is 0.255 e. The molecule has 35 heavy (non-hydrogen) atoms. The van der Waals surface area contributed by atoms with Gasteiger partial charge in [0.25, 0.3) is 5.91 Å². The van der Waals surface area contributed by atoms with E-state index in [1.54, 1.807) is 6.07 Å². The second-order valence-electron chi connectivity index (χ2n) is 9.12. The fourth-order valence-corrected chi connectivity index (χ4v) is 5.70. The molecule has 2 aromatic carbocycles. The van der Waals surface area contributed by atoms with Gasteiger partial charge in [0.2, 0.25) is 0 Å². The summed E-state index contributed by atoms with van der Waals surface area (Å²) in [6.07, 6.45) is 2.07. The SMILES string of the molecule is O=C(Nc1ccc(-c2n[nH]c(C3CCCOC3)n2)cc1)c1cccc(CN2CCS(=O)(=O)CC2)c1. The topological polar surface area (TPSA) is 117 Å². The Kier molecular flexibility index (Phi) is 6.94. The molecule has 2 fully saturated rings. The summed E-state index contributed by atoms with van der Waals surface area (Å²) in [6, 6.07) is 14.9. The van der Waals surface area contributed by atoms with Gasteiger partial charge in [-0.2, -0.15) is 5.10 Å². The van der Waals surface area contributed by atoms with E-state index in [9.17, 15) is 13.2 Å². The Morgan fingerprint density at radius 3 is 2.69 bits per heavy atom. The van der Waals surface area contributed by atoms with Gasteiger partial charge < -0.3 is 10.1 Å². The van der Waals surface area contributed by atoms with E-state index in [1.807, 2.05) is 42.5 Å². The van der Waals surface area contributed by atoms with Crippen molar-refractivity contribution in [3.05, 3.63) is 65.5 Å². The Bertz CT molecular complexity index is 1270. The van der Waals surface area contributed by atoms with Crippen LogP contribution in [0.4, 0.5) is 5.69 Å². The number of carbonyl (C=O) groups excluding carboxylic acids is 1. The Morgan fingerprint density at radius 1 is 1.14 bits per heavy atom. The first-order valence-corrected chi connectivity index (χ1v) is 13.7. The summed E-state index contributed by atoms with van der Waals surface area (Å²) in [7, 11) is -2.91. The maximum absolute atomic E-state index is 12.8. The third-order valence-electron chi connectivity index (χ3n) is 6.48. The van der Waals surface area contributed by atoms with E-state index >= 15 is 0 Å². The predicted octanol–water partition coefficient (Wildman–Crippen LogP) is 2.85. The van der Waals surface area contributed by atoms with Crippen molar-refractivity contribution in [2.75, 3.05) is 43.1 Å². The average Bonchev–Trinajstić information content (AvgIpc) is 3.37. The Balaban J connectivity index is 1.20. The minimum Gasteiger partial charge on any atom is -0.381 e. The van der Waals surface area contributed by atoms with Gasteiger partial charge in [-0.25, -0.2) is 13.4 Å². The number of nitrogens with one attached hydrogen (secondary N) is 2. The summed E-state index contributed by atoms with van der Waals surface area (Å²) in [5, 5.41) is 10.3. The van der Waals surface area contributed by atoms with Crippen LogP contribution in [-0.4, -0.2) is 72.2 Å². The zero-order chi connectivity index (χ0) is 24.3. The highest BCUT2D eigenvalue weighted by Crippen LogP contribution is 2.25. The van der Waals surface area contributed by atoms with Crippen LogP contribution < -0.4 is 5.32 Å². The number of amides is 1. The molecule has 184 valence electrons. The number of anilines is 1. The van der Waals surface area contributed by atoms with E-state index in [2.05, 4.69) is 25.4 Å². The minimum atomic E-state index is -2.91. The van der Waals surface area contributed by atoms with E-state index in [4.69, 9.17) is 4.74 Å². The standard InChI is InChI=1S/C25H29N5O4S/c31-25(20-4-1-3-18(15-20)16-30-10-13-35(32,33)14-11-30)26-22-8-6-19(7-9-22)23-27-24(29-28-23)21-5-2-12-34-17-21/h1,3-4,6-9,15,21H,2,5,10-14,16-17H2,(H,26,31)(H,27,28,29). The molecule has 1 unspecified atom stereocenters. The maximum Gasteiger partial charge on any atom is 0.255 e. The summed E-state index contributed by atoms with van der Waals surface area (Å²) in [6.45, 7) is 3.13. The Labute approximate surface area is 204 Å². The predicted molar refractivity (Wildman–Crippen MR) is 133 cm³/mol. The molecule has 3 heterocycles. The first kappa shape index (κ1) is 23.7. The van der Waals surface area contributed by atoms with Crippen molar-refractivity contribution >= 4 is 21.4 Å². The number of H-pyrrole nitrogens is 1. The molecule has 10 heteroatoms. The highest BCUT2D eigenvalue weighted by molar-refractivity contribution is 7.91. The largest absolute Gasteiger partial charge is 0.381 e. The molecule has 0 bridgehead atoms.